The number of thioether (sulfide) groups is 1. The molecule has 1 aliphatic rings. The Balaban J connectivity index is 1.87. The van der Waals surface area contributed by atoms with Crippen molar-refractivity contribution >= 4 is 41.1 Å². The minimum atomic E-state index is -0.545. The largest absolute Gasteiger partial charge is 0.464 e. The van der Waals surface area contributed by atoms with Crippen molar-refractivity contribution in [2.75, 3.05) is 36.6 Å². The van der Waals surface area contributed by atoms with Crippen molar-refractivity contribution in [3.05, 3.63) is 58.6 Å². The van der Waals surface area contributed by atoms with Gasteiger partial charge in [0.1, 0.15) is 11.5 Å². The first-order valence-electron chi connectivity index (χ1n) is 8.62. The van der Waals surface area contributed by atoms with Gasteiger partial charge in [-0.25, -0.2) is 19.0 Å². The summed E-state index contributed by atoms with van der Waals surface area (Å²) in [6.45, 7) is 1.50. The molecule has 3 rings (SSSR count). The summed E-state index contributed by atoms with van der Waals surface area (Å²) < 4.78 is 18.2. The van der Waals surface area contributed by atoms with Crippen LogP contribution >= 0.6 is 23.4 Å². The van der Waals surface area contributed by atoms with Gasteiger partial charge in [-0.15, -0.1) is 0 Å². The number of pyridine rings is 1. The Hall–Kier alpha value is -2.32. The van der Waals surface area contributed by atoms with Crippen LogP contribution in [0.1, 0.15) is 16.1 Å². The Morgan fingerprint density at radius 3 is 2.64 bits per heavy atom. The van der Waals surface area contributed by atoms with Crippen LogP contribution in [-0.4, -0.2) is 53.6 Å². The number of hydrogen-bond acceptors (Lipinski definition) is 5. The van der Waals surface area contributed by atoms with Gasteiger partial charge in [0.05, 0.1) is 18.7 Å². The molecule has 0 atom stereocenters. The lowest BCUT2D eigenvalue weighted by atomic mass is 10.2. The maximum absolute atomic E-state index is 13.6. The number of rotatable bonds is 4. The molecule has 2 aromatic rings. The Morgan fingerprint density at radius 1 is 1.29 bits per heavy atom. The van der Waals surface area contributed by atoms with Gasteiger partial charge in [-0.1, -0.05) is 17.7 Å². The zero-order chi connectivity index (χ0) is 20.1. The number of halogens is 2. The first kappa shape index (κ1) is 20.4. The average molecular weight is 424 g/mol. The number of nitrogens with zero attached hydrogens (tertiary/aromatic N) is 3. The molecule has 0 unspecified atom stereocenters. The molecule has 1 fully saturated rings. The molecule has 0 saturated carbocycles. The molecule has 0 bridgehead atoms. The Bertz CT molecular complexity index is 860. The van der Waals surface area contributed by atoms with E-state index >= 15 is 0 Å². The van der Waals surface area contributed by atoms with Gasteiger partial charge < -0.3 is 9.64 Å². The second-order valence-electron chi connectivity index (χ2n) is 6.11. The van der Waals surface area contributed by atoms with Gasteiger partial charge in [-0.3, -0.25) is 4.90 Å². The fourth-order valence-electron chi connectivity index (χ4n) is 2.77. The molecule has 9 heteroatoms. The van der Waals surface area contributed by atoms with E-state index in [0.29, 0.717) is 24.3 Å². The summed E-state index contributed by atoms with van der Waals surface area (Å²) in [6, 6.07) is 7.26. The Labute approximate surface area is 171 Å². The van der Waals surface area contributed by atoms with Gasteiger partial charge in [0, 0.05) is 36.5 Å². The third-order valence-corrected chi connectivity index (χ3v) is 5.52. The minimum Gasteiger partial charge on any atom is -0.464 e. The van der Waals surface area contributed by atoms with Crippen molar-refractivity contribution in [3.63, 3.8) is 0 Å². The zero-order valence-corrected chi connectivity index (χ0v) is 16.8. The van der Waals surface area contributed by atoms with E-state index in [0.717, 1.165) is 11.5 Å². The molecule has 0 radical (unpaired) electrons. The average Bonchev–Trinajstić information content (AvgIpc) is 2.74. The lowest BCUT2D eigenvalue weighted by Gasteiger charge is -2.33. The second-order valence-corrected chi connectivity index (χ2v) is 7.74. The van der Waals surface area contributed by atoms with Crippen LogP contribution in [-0.2, 0) is 11.3 Å². The Kier molecular flexibility index (Phi) is 6.74. The number of carbonyl (C=O) groups excluding carboxylic acids is 2. The number of benzene rings is 1. The predicted octanol–water partition coefficient (Wildman–Crippen LogP) is 3.84. The van der Waals surface area contributed by atoms with Crippen LogP contribution in [0.25, 0.3) is 0 Å². The molecular weight excluding hydrogens is 405 g/mol. The molecule has 1 aliphatic heterocycles. The minimum absolute atomic E-state index is 0.0522. The summed E-state index contributed by atoms with van der Waals surface area (Å²) in [4.78, 5) is 32.1. The molecule has 1 aromatic carbocycles. The lowest BCUT2D eigenvalue weighted by molar-refractivity contribution is 0.0594. The maximum Gasteiger partial charge on any atom is 0.356 e. The van der Waals surface area contributed by atoms with E-state index in [4.69, 9.17) is 11.6 Å². The summed E-state index contributed by atoms with van der Waals surface area (Å²) in [5, 5.41) is -0.0522. The predicted molar refractivity (Wildman–Crippen MR) is 107 cm³/mol. The van der Waals surface area contributed by atoms with Crippen molar-refractivity contribution in [1.29, 1.82) is 0 Å². The molecule has 0 N–H and O–H groups in total. The van der Waals surface area contributed by atoms with Gasteiger partial charge in [-0.2, -0.15) is 11.8 Å². The highest BCUT2D eigenvalue weighted by molar-refractivity contribution is 7.99. The number of urea groups is 1. The highest BCUT2D eigenvalue weighted by Gasteiger charge is 2.25. The highest BCUT2D eigenvalue weighted by atomic mass is 35.5. The molecule has 6 nitrogen and oxygen atoms in total. The molecule has 2 heterocycles. The monoisotopic (exact) mass is 423 g/mol. The van der Waals surface area contributed by atoms with Crippen molar-refractivity contribution < 1.29 is 18.7 Å². The number of esters is 1. The fourth-order valence-corrected chi connectivity index (χ4v) is 3.85. The van der Waals surface area contributed by atoms with E-state index in [9.17, 15) is 14.0 Å². The number of amides is 2. The van der Waals surface area contributed by atoms with Gasteiger partial charge in [0.25, 0.3) is 0 Å². The SMILES string of the molecule is COC(=O)c1ccc(CN(C(=O)N2CCSCC2)c2ccc(F)c(Cl)c2)cn1. The summed E-state index contributed by atoms with van der Waals surface area (Å²) in [5.41, 5.74) is 1.39. The molecule has 1 aromatic heterocycles. The molecule has 148 valence electrons. The van der Waals surface area contributed by atoms with Crippen LogP contribution in [0.4, 0.5) is 14.9 Å². The normalized spacial score (nSPS) is 13.9. The van der Waals surface area contributed by atoms with Gasteiger partial charge >= 0.3 is 12.0 Å². The first-order valence-corrected chi connectivity index (χ1v) is 10.2. The van der Waals surface area contributed by atoms with Crippen LogP contribution in [0.5, 0.6) is 0 Å². The number of carbonyl (C=O) groups is 2. The topological polar surface area (TPSA) is 62.7 Å². The van der Waals surface area contributed by atoms with Crippen LogP contribution in [0.3, 0.4) is 0 Å². The summed E-state index contributed by atoms with van der Waals surface area (Å²) >= 11 is 7.73. The Morgan fingerprint density at radius 2 is 2.04 bits per heavy atom. The van der Waals surface area contributed by atoms with Gasteiger partial charge in [-0.05, 0) is 29.8 Å². The zero-order valence-electron chi connectivity index (χ0n) is 15.2. The number of ether oxygens (including phenoxy) is 1. The van der Waals surface area contributed by atoms with Crippen molar-refractivity contribution in [2.45, 2.75) is 6.54 Å². The molecule has 1 saturated heterocycles. The van der Waals surface area contributed by atoms with Crippen LogP contribution in [0, 0.1) is 5.82 Å². The lowest BCUT2D eigenvalue weighted by Crippen LogP contribution is -2.46. The van der Waals surface area contributed by atoms with E-state index in [1.165, 1.54) is 36.4 Å². The van der Waals surface area contributed by atoms with E-state index < -0.39 is 11.8 Å². The van der Waals surface area contributed by atoms with Crippen LogP contribution < -0.4 is 4.90 Å². The van der Waals surface area contributed by atoms with Crippen molar-refractivity contribution in [1.82, 2.24) is 9.88 Å². The van der Waals surface area contributed by atoms with E-state index in [1.807, 2.05) is 0 Å². The van der Waals surface area contributed by atoms with E-state index in [2.05, 4.69) is 9.72 Å². The third kappa shape index (κ3) is 4.74. The molecular formula is C19H19ClFN3O3S. The second kappa shape index (κ2) is 9.25. The number of hydrogen-bond donors (Lipinski definition) is 0. The van der Waals surface area contributed by atoms with Crippen molar-refractivity contribution in [2.24, 2.45) is 0 Å². The highest BCUT2D eigenvalue weighted by Crippen LogP contribution is 2.26. The first-order chi connectivity index (χ1) is 13.5. The number of aromatic nitrogens is 1. The standard InChI is InChI=1S/C19H19ClFN3O3S/c1-27-18(25)17-5-2-13(11-22-17)12-24(14-3-4-16(21)15(20)10-14)19(26)23-6-8-28-9-7-23/h2-5,10-11H,6-9,12H2,1H3. The van der Waals surface area contributed by atoms with Crippen LogP contribution in [0.2, 0.25) is 5.02 Å². The smallest absolute Gasteiger partial charge is 0.356 e. The quantitative estimate of drug-likeness (QED) is 0.699. The van der Waals surface area contributed by atoms with Crippen molar-refractivity contribution in [3.8, 4) is 0 Å². The van der Waals surface area contributed by atoms with Gasteiger partial charge in [0.2, 0.25) is 0 Å². The van der Waals surface area contributed by atoms with Crippen LogP contribution in [0.15, 0.2) is 36.5 Å². The molecule has 0 aliphatic carbocycles. The number of anilines is 1. The fraction of sp³-hybridized carbons (Fsp3) is 0.316. The molecule has 0 spiro atoms. The molecule has 28 heavy (non-hydrogen) atoms. The van der Waals surface area contributed by atoms with E-state index in [1.54, 1.807) is 28.8 Å². The number of methoxy groups -OCH3 is 1. The van der Waals surface area contributed by atoms with Gasteiger partial charge in [0.15, 0.2) is 0 Å². The summed E-state index contributed by atoms with van der Waals surface area (Å²) in [5.74, 6) is 0.671. The summed E-state index contributed by atoms with van der Waals surface area (Å²) in [7, 11) is 1.29. The third-order valence-electron chi connectivity index (χ3n) is 4.29. The summed E-state index contributed by atoms with van der Waals surface area (Å²) in [6.07, 6.45) is 1.52. The van der Waals surface area contributed by atoms with E-state index in [-0.39, 0.29) is 23.3 Å². The maximum atomic E-state index is 13.6. The molecule has 2 amide bonds.